The van der Waals surface area contributed by atoms with Crippen LogP contribution in [0.1, 0.15) is 11.1 Å². The number of benzene rings is 2. The third-order valence-corrected chi connectivity index (χ3v) is 2.67. The molecule has 0 fully saturated rings. The van der Waals surface area contributed by atoms with E-state index in [0.717, 1.165) is 28.5 Å². The van der Waals surface area contributed by atoms with E-state index < -0.39 is 4.92 Å². The summed E-state index contributed by atoms with van der Waals surface area (Å²) < 4.78 is 0. The third-order valence-electron chi connectivity index (χ3n) is 2.67. The third kappa shape index (κ3) is 2.83. The van der Waals surface area contributed by atoms with Crippen molar-refractivity contribution in [2.45, 2.75) is 6.92 Å². The van der Waals surface area contributed by atoms with Crippen LogP contribution < -0.4 is 0 Å². The summed E-state index contributed by atoms with van der Waals surface area (Å²) in [6, 6.07) is 15.8. The van der Waals surface area contributed by atoms with Crippen molar-refractivity contribution < 1.29 is 4.92 Å². The molecule has 90 valence electrons. The van der Waals surface area contributed by atoms with Gasteiger partial charge in [0.05, 0.1) is 4.92 Å². The lowest BCUT2D eigenvalue weighted by molar-refractivity contribution is -0.400. The average molecular weight is 239 g/mol. The van der Waals surface area contributed by atoms with Crippen molar-refractivity contribution in [2.24, 2.45) is 0 Å². The zero-order valence-corrected chi connectivity index (χ0v) is 10.0. The highest BCUT2D eigenvalue weighted by molar-refractivity contribution is 5.75. The quantitative estimate of drug-likeness (QED) is 0.602. The van der Waals surface area contributed by atoms with Crippen molar-refractivity contribution in [3.05, 3.63) is 76.0 Å². The number of aryl methyl sites for hydroxylation is 1. The maximum atomic E-state index is 10.4. The molecule has 2 rings (SSSR count). The molecular formula is C15H13NO2. The maximum Gasteiger partial charge on any atom is 0.235 e. The van der Waals surface area contributed by atoms with Crippen LogP contribution in [0.3, 0.4) is 0 Å². The molecule has 0 saturated carbocycles. The van der Waals surface area contributed by atoms with Crippen LogP contribution in [0.15, 0.2) is 54.7 Å². The van der Waals surface area contributed by atoms with E-state index in [9.17, 15) is 10.1 Å². The SMILES string of the molecule is Cc1ccc(-c2ccccc2)c(C=C[N+](=O)[O-])c1. The zero-order valence-electron chi connectivity index (χ0n) is 10.0. The first-order valence-electron chi connectivity index (χ1n) is 5.64. The smallest absolute Gasteiger partial charge is 0.235 e. The number of rotatable bonds is 3. The largest absolute Gasteiger partial charge is 0.259 e. The Balaban J connectivity index is 2.50. The predicted molar refractivity (Wildman–Crippen MR) is 72.6 cm³/mol. The Morgan fingerprint density at radius 1 is 1.11 bits per heavy atom. The molecule has 0 unspecified atom stereocenters. The lowest BCUT2D eigenvalue weighted by atomic mass is 9.98. The number of hydrogen-bond acceptors (Lipinski definition) is 2. The van der Waals surface area contributed by atoms with Crippen molar-refractivity contribution in [3.8, 4) is 11.1 Å². The average Bonchev–Trinajstić information content (AvgIpc) is 2.37. The zero-order chi connectivity index (χ0) is 13.0. The predicted octanol–water partition coefficient (Wildman–Crippen LogP) is 3.91. The summed E-state index contributed by atoms with van der Waals surface area (Å²) in [6.45, 7) is 1.97. The van der Waals surface area contributed by atoms with Gasteiger partial charge in [-0.25, -0.2) is 0 Å². The van der Waals surface area contributed by atoms with Crippen LogP contribution in [-0.2, 0) is 0 Å². The highest BCUT2D eigenvalue weighted by Crippen LogP contribution is 2.25. The monoisotopic (exact) mass is 239 g/mol. The summed E-state index contributed by atoms with van der Waals surface area (Å²) in [4.78, 5) is 9.98. The van der Waals surface area contributed by atoms with E-state index in [1.807, 2.05) is 55.5 Å². The molecule has 3 nitrogen and oxygen atoms in total. The van der Waals surface area contributed by atoms with E-state index >= 15 is 0 Å². The summed E-state index contributed by atoms with van der Waals surface area (Å²) in [6.07, 6.45) is 2.51. The summed E-state index contributed by atoms with van der Waals surface area (Å²) in [5.74, 6) is 0. The molecule has 2 aromatic rings. The second kappa shape index (κ2) is 5.27. The molecule has 0 amide bonds. The van der Waals surface area contributed by atoms with Crippen LogP contribution in [0.25, 0.3) is 17.2 Å². The van der Waals surface area contributed by atoms with Crippen molar-refractivity contribution in [3.63, 3.8) is 0 Å². The summed E-state index contributed by atoms with van der Waals surface area (Å²) in [5, 5.41) is 10.4. The summed E-state index contributed by atoms with van der Waals surface area (Å²) in [7, 11) is 0. The lowest BCUT2D eigenvalue weighted by Crippen LogP contribution is -1.87. The van der Waals surface area contributed by atoms with Gasteiger partial charge >= 0.3 is 0 Å². The fourth-order valence-electron chi connectivity index (χ4n) is 1.84. The number of hydrogen-bond donors (Lipinski definition) is 0. The van der Waals surface area contributed by atoms with Crippen molar-refractivity contribution in [2.75, 3.05) is 0 Å². The lowest BCUT2D eigenvalue weighted by Gasteiger charge is -2.06. The summed E-state index contributed by atoms with van der Waals surface area (Å²) in [5.41, 5.74) is 4.00. The minimum atomic E-state index is -0.447. The first-order chi connectivity index (χ1) is 8.66. The van der Waals surface area contributed by atoms with Gasteiger partial charge in [0.25, 0.3) is 0 Å². The molecular weight excluding hydrogens is 226 g/mol. The Morgan fingerprint density at radius 3 is 2.50 bits per heavy atom. The van der Waals surface area contributed by atoms with E-state index in [0.29, 0.717) is 0 Å². The molecule has 0 aliphatic heterocycles. The van der Waals surface area contributed by atoms with Gasteiger partial charge in [0, 0.05) is 6.08 Å². The molecule has 0 radical (unpaired) electrons. The molecule has 0 spiro atoms. The molecule has 18 heavy (non-hydrogen) atoms. The molecule has 0 saturated heterocycles. The Bertz CT molecular complexity index is 589. The molecule has 3 heteroatoms. The van der Waals surface area contributed by atoms with Gasteiger partial charge in [-0.1, -0.05) is 54.1 Å². The highest BCUT2D eigenvalue weighted by atomic mass is 16.6. The molecule has 0 N–H and O–H groups in total. The van der Waals surface area contributed by atoms with Crippen LogP contribution in [0, 0.1) is 17.0 Å². The fraction of sp³-hybridized carbons (Fsp3) is 0.0667. The van der Waals surface area contributed by atoms with Gasteiger partial charge < -0.3 is 0 Å². The molecule has 0 aromatic heterocycles. The standard InChI is InChI=1S/C15H13NO2/c1-12-7-8-15(13-5-3-2-4-6-13)14(11-12)9-10-16(17)18/h2-11H,1H3. The first-order valence-corrected chi connectivity index (χ1v) is 5.64. The van der Waals surface area contributed by atoms with Gasteiger partial charge in [-0.05, 0) is 23.6 Å². The highest BCUT2D eigenvalue weighted by Gasteiger charge is 2.03. The van der Waals surface area contributed by atoms with Gasteiger partial charge in [-0.2, -0.15) is 0 Å². The Morgan fingerprint density at radius 2 is 1.83 bits per heavy atom. The van der Waals surface area contributed by atoms with Crippen molar-refractivity contribution in [1.29, 1.82) is 0 Å². The van der Waals surface area contributed by atoms with Crippen LogP contribution in [0.5, 0.6) is 0 Å². The molecule has 0 bridgehead atoms. The van der Waals surface area contributed by atoms with Crippen LogP contribution in [-0.4, -0.2) is 4.92 Å². The van der Waals surface area contributed by atoms with Crippen LogP contribution in [0.4, 0.5) is 0 Å². The van der Waals surface area contributed by atoms with E-state index in [1.54, 1.807) is 0 Å². The number of nitrogens with zero attached hydrogens (tertiary/aromatic N) is 1. The maximum absolute atomic E-state index is 10.4. The van der Waals surface area contributed by atoms with Crippen LogP contribution in [0.2, 0.25) is 0 Å². The van der Waals surface area contributed by atoms with Gasteiger partial charge in [0.1, 0.15) is 0 Å². The van der Waals surface area contributed by atoms with E-state index in [2.05, 4.69) is 0 Å². The topological polar surface area (TPSA) is 43.1 Å². The number of nitro groups is 1. The second-order valence-electron chi connectivity index (χ2n) is 4.06. The van der Waals surface area contributed by atoms with Gasteiger partial charge in [-0.15, -0.1) is 0 Å². The molecule has 2 aromatic carbocycles. The van der Waals surface area contributed by atoms with E-state index in [4.69, 9.17) is 0 Å². The van der Waals surface area contributed by atoms with Crippen LogP contribution >= 0.6 is 0 Å². The minimum Gasteiger partial charge on any atom is -0.259 e. The van der Waals surface area contributed by atoms with Gasteiger partial charge in [0.15, 0.2) is 0 Å². The normalized spacial score (nSPS) is 10.7. The van der Waals surface area contributed by atoms with Crippen molar-refractivity contribution in [1.82, 2.24) is 0 Å². The fourth-order valence-corrected chi connectivity index (χ4v) is 1.84. The van der Waals surface area contributed by atoms with E-state index in [-0.39, 0.29) is 0 Å². The Labute approximate surface area is 106 Å². The molecule has 0 atom stereocenters. The van der Waals surface area contributed by atoms with E-state index in [1.165, 1.54) is 6.08 Å². The molecule has 0 heterocycles. The van der Waals surface area contributed by atoms with Crippen molar-refractivity contribution >= 4 is 6.08 Å². The molecule has 0 aliphatic carbocycles. The second-order valence-corrected chi connectivity index (χ2v) is 4.06. The Hall–Kier alpha value is -2.42. The van der Waals surface area contributed by atoms with Gasteiger partial charge in [0.2, 0.25) is 6.20 Å². The minimum absolute atomic E-state index is 0.447. The summed E-state index contributed by atoms with van der Waals surface area (Å²) >= 11 is 0. The van der Waals surface area contributed by atoms with Gasteiger partial charge in [-0.3, -0.25) is 10.1 Å². The Kier molecular flexibility index (Phi) is 3.53. The molecule has 0 aliphatic rings. The first kappa shape index (κ1) is 12.0.